The second-order valence-electron chi connectivity index (χ2n) is 5.11. The predicted molar refractivity (Wildman–Crippen MR) is 94.4 cm³/mol. The molecule has 0 aliphatic rings. The third kappa shape index (κ3) is 3.75. The third-order valence-corrected chi connectivity index (χ3v) is 3.80. The van der Waals surface area contributed by atoms with Gasteiger partial charge in [0.2, 0.25) is 0 Å². The van der Waals surface area contributed by atoms with E-state index in [-0.39, 0.29) is 5.69 Å². The number of halogens is 1. The van der Waals surface area contributed by atoms with Crippen molar-refractivity contribution >= 4 is 23.2 Å². The van der Waals surface area contributed by atoms with Gasteiger partial charge in [0, 0.05) is 17.3 Å². The Kier molecular flexibility index (Phi) is 4.90. The summed E-state index contributed by atoms with van der Waals surface area (Å²) in [6, 6.07) is 13.8. The molecule has 0 fully saturated rings. The van der Waals surface area contributed by atoms with Gasteiger partial charge in [0.05, 0.1) is 19.2 Å². The summed E-state index contributed by atoms with van der Waals surface area (Å²) in [5.41, 5.74) is 1.45. The van der Waals surface area contributed by atoms with Crippen molar-refractivity contribution in [3.63, 3.8) is 0 Å². The van der Waals surface area contributed by atoms with Crippen LogP contribution in [-0.4, -0.2) is 25.3 Å². The highest BCUT2D eigenvalue weighted by atomic mass is 35.5. The fourth-order valence-electron chi connectivity index (χ4n) is 2.23. The van der Waals surface area contributed by atoms with Crippen molar-refractivity contribution in [2.24, 2.45) is 0 Å². The number of amides is 1. The first-order valence-electron chi connectivity index (χ1n) is 7.36. The fourth-order valence-corrected chi connectivity index (χ4v) is 2.49. The molecule has 0 aliphatic carbocycles. The minimum absolute atomic E-state index is 0.157. The van der Waals surface area contributed by atoms with Gasteiger partial charge in [-0.2, -0.15) is 0 Å². The number of rotatable bonds is 5. The Morgan fingerprint density at radius 3 is 2.68 bits per heavy atom. The van der Waals surface area contributed by atoms with E-state index in [1.54, 1.807) is 37.4 Å². The molecule has 6 nitrogen and oxygen atoms in total. The quantitative estimate of drug-likeness (QED) is 0.737. The van der Waals surface area contributed by atoms with E-state index in [1.807, 2.05) is 18.2 Å². The van der Waals surface area contributed by atoms with Crippen LogP contribution in [-0.2, 0) is 0 Å². The molecule has 1 amide bonds. The average Bonchev–Trinajstić information content (AvgIpc) is 3.12. The average molecular weight is 359 g/mol. The van der Waals surface area contributed by atoms with Crippen molar-refractivity contribution in [3.8, 4) is 22.8 Å². The molecule has 0 saturated carbocycles. The van der Waals surface area contributed by atoms with Gasteiger partial charge in [0.25, 0.3) is 5.91 Å². The van der Waals surface area contributed by atoms with Gasteiger partial charge in [0.15, 0.2) is 11.5 Å². The highest BCUT2D eigenvalue weighted by Crippen LogP contribution is 2.28. The van der Waals surface area contributed by atoms with Gasteiger partial charge in [0.1, 0.15) is 11.5 Å². The number of methoxy groups -OCH3 is 2. The topological polar surface area (TPSA) is 73.6 Å². The van der Waals surface area contributed by atoms with Crippen molar-refractivity contribution in [3.05, 3.63) is 59.2 Å². The van der Waals surface area contributed by atoms with E-state index in [0.29, 0.717) is 28.0 Å². The number of hydrogen-bond donors (Lipinski definition) is 1. The van der Waals surface area contributed by atoms with Crippen LogP contribution < -0.4 is 14.8 Å². The maximum atomic E-state index is 12.3. The van der Waals surface area contributed by atoms with Gasteiger partial charge in [-0.05, 0) is 30.3 Å². The van der Waals surface area contributed by atoms with E-state index in [0.717, 1.165) is 5.56 Å². The van der Waals surface area contributed by atoms with E-state index in [1.165, 1.54) is 7.11 Å². The molecule has 0 spiro atoms. The first-order valence-corrected chi connectivity index (χ1v) is 7.74. The number of carbonyl (C=O) groups is 1. The molecule has 0 bridgehead atoms. The van der Waals surface area contributed by atoms with E-state index in [2.05, 4.69) is 10.5 Å². The Hall–Kier alpha value is -2.99. The van der Waals surface area contributed by atoms with Crippen molar-refractivity contribution in [2.75, 3.05) is 19.5 Å². The first-order chi connectivity index (χ1) is 12.1. The minimum Gasteiger partial charge on any atom is -0.497 e. The van der Waals surface area contributed by atoms with Gasteiger partial charge in [-0.1, -0.05) is 28.9 Å². The molecule has 2 aromatic carbocycles. The maximum absolute atomic E-state index is 12.3. The summed E-state index contributed by atoms with van der Waals surface area (Å²) < 4.78 is 15.5. The maximum Gasteiger partial charge on any atom is 0.277 e. The lowest BCUT2D eigenvalue weighted by atomic mass is 10.1. The predicted octanol–water partition coefficient (Wildman–Crippen LogP) is 4.26. The summed E-state index contributed by atoms with van der Waals surface area (Å²) in [5, 5.41) is 6.93. The number of nitrogens with zero attached hydrogens (tertiary/aromatic N) is 1. The van der Waals surface area contributed by atoms with E-state index in [4.69, 9.17) is 25.6 Å². The van der Waals surface area contributed by atoms with Crippen LogP contribution in [0.5, 0.6) is 11.5 Å². The lowest BCUT2D eigenvalue weighted by Gasteiger charge is -2.06. The van der Waals surface area contributed by atoms with Crippen LogP contribution in [0.4, 0.5) is 5.69 Å². The summed E-state index contributed by atoms with van der Waals surface area (Å²) in [6.07, 6.45) is 0. The molecule has 0 radical (unpaired) electrons. The minimum atomic E-state index is -0.404. The Bertz CT molecular complexity index is 908. The van der Waals surface area contributed by atoms with Crippen LogP contribution in [0.3, 0.4) is 0 Å². The van der Waals surface area contributed by atoms with Gasteiger partial charge in [-0.25, -0.2) is 0 Å². The number of aromatic nitrogens is 1. The van der Waals surface area contributed by atoms with Crippen LogP contribution in [0.2, 0.25) is 5.02 Å². The number of benzene rings is 2. The lowest BCUT2D eigenvalue weighted by molar-refractivity contribution is 0.101. The van der Waals surface area contributed by atoms with Crippen molar-refractivity contribution in [1.29, 1.82) is 0 Å². The molecule has 0 atom stereocenters. The zero-order valence-corrected chi connectivity index (χ0v) is 14.3. The monoisotopic (exact) mass is 358 g/mol. The van der Waals surface area contributed by atoms with Crippen LogP contribution in [0.25, 0.3) is 11.3 Å². The summed E-state index contributed by atoms with van der Waals surface area (Å²) in [6.45, 7) is 0. The van der Waals surface area contributed by atoms with E-state index in [9.17, 15) is 4.79 Å². The molecule has 25 heavy (non-hydrogen) atoms. The van der Waals surface area contributed by atoms with Gasteiger partial charge >= 0.3 is 0 Å². The Morgan fingerprint density at radius 1 is 1.12 bits per heavy atom. The summed E-state index contributed by atoms with van der Waals surface area (Å²) in [5.74, 6) is 1.28. The number of nitrogens with one attached hydrogen (secondary N) is 1. The van der Waals surface area contributed by atoms with E-state index >= 15 is 0 Å². The molecule has 3 rings (SSSR count). The second kappa shape index (κ2) is 7.27. The molecule has 0 unspecified atom stereocenters. The molecule has 0 aliphatic heterocycles. The summed E-state index contributed by atoms with van der Waals surface area (Å²) in [7, 11) is 3.10. The number of hydrogen-bond acceptors (Lipinski definition) is 5. The van der Waals surface area contributed by atoms with Crippen molar-refractivity contribution < 1.29 is 18.8 Å². The molecule has 1 heterocycles. The molecule has 1 N–H and O–H groups in total. The molecule has 0 saturated heterocycles. The normalized spacial score (nSPS) is 10.4. The molecular weight excluding hydrogens is 344 g/mol. The molecule has 3 aromatic rings. The Morgan fingerprint density at radius 2 is 1.96 bits per heavy atom. The van der Waals surface area contributed by atoms with Crippen molar-refractivity contribution in [2.45, 2.75) is 0 Å². The van der Waals surface area contributed by atoms with Crippen LogP contribution in [0.1, 0.15) is 10.5 Å². The standard InChI is InChI=1S/C18H15ClN2O4/c1-23-13-5-3-4-11(8-13)17-10-15(21-25-17)18(22)20-12-6-7-16(24-2)14(19)9-12/h3-10H,1-2H3,(H,20,22). The van der Waals surface area contributed by atoms with Gasteiger partial charge < -0.3 is 19.3 Å². The smallest absolute Gasteiger partial charge is 0.277 e. The SMILES string of the molecule is COc1cccc(-c2cc(C(=O)Nc3ccc(OC)c(Cl)c3)no2)c1. The van der Waals surface area contributed by atoms with Crippen molar-refractivity contribution in [1.82, 2.24) is 5.16 Å². The fraction of sp³-hybridized carbons (Fsp3) is 0.111. The third-order valence-electron chi connectivity index (χ3n) is 3.51. The zero-order valence-electron chi connectivity index (χ0n) is 13.6. The van der Waals surface area contributed by atoms with Gasteiger partial charge in [-0.3, -0.25) is 4.79 Å². The van der Waals surface area contributed by atoms with E-state index < -0.39 is 5.91 Å². The first kappa shape index (κ1) is 16.9. The molecule has 7 heteroatoms. The zero-order chi connectivity index (χ0) is 17.8. The summed E-state index contributed by atoms with van der Waals surface area (Å²) >= 11 is 6.05. The number of anilines is 1. The van der Waals surface area contributed by atoms with Crippen LogP contribution in [0.15, 0.2) is 53.1 Å². The largest absolute Gasteiger partial charge is 0.497 e. The Balaban J connectivity index is 1.77. The number of carbonyl (C=O) groups excluding carboxylic acids is 1. The Labute approximate surface area is 149 Å². The summed E-state index contributed by atoms with van der Waals surface area (Å²) in [4.78, 5) is 12.3. The van der Waals surface area contributed by atoms with Crippen LogP contribution in [0, 0.1) is 0 Å². The molecule has 1 aromatic heterocycles. The highest BCUT2D eigenvalue weighted by molar-refractivity contribution is 6.32. The lowest BCUT2D eigenvalue weighted by Crippen LogP contribution is -2.12. The molecule has 128 valence electrons. The molecular formula is C18H15ClN2O4. The number of ether oxygens (including phenoxy) is 2. The second-order valence-corrected chi connectivity index (χ2v) is 5.52. The van der Waals surface area contributed by atoms with Crippen LogP contribution >= 0.6 is 11.6 Å². The highest BCUT2D eigenvalue weighted by Gasteiger charge is 2.15. The van der Waals surface area contributed by atoms with Gasteiger partial charge in [-0.15, -0.1) is 0 Å².